The highest BCUT2D eigenvalue weighted by atomic mass is 35.5. The standard InChI is InChI=1S/C25H30Cl2N2O2/c1-18(30)25(17-28-14-4-3-5-15-28)22-7-6-8-23(31-2)21(22)13-16-29(25)20-11-9-19(10-12-20)24(26)27/h6-12,24H,3-5,13-17H2,1-2H3. The van der Waals surface area contributed by atoms with Gasteiger partial charge in [0, 0.05) is 24.3 Å². The van der Waals surface area contributed by atoms with Crippen molar-refractivity contribution in [3.8, 4) is 5.75 Å². The van der Waals surface area contributed by atoms with Crippen molar-refractivity contribution in [3.63, 3.8) is 0 Å². The first kappa shape index (κ1) is 22.4. The number of carbonyl (C=O) groups excluding carboxylic acids is 1. The first-order chi connectivity index (χ1) is 15.0. The lowest BCUT2D eigenvalue weighted by Gasteiger charge is -2.50. The van der Waals surface area contributed by atoms with Crippen LogP contribution in [0.4, 0.5) is 5.69 Å². The molecule has 1 saturated heterocycles. The van der Waals surface area contributed by atoms with Gasteiger partial charge in [0.05, 0.1) is 7.11 Å². The largest absolute Gasteiger partial charge is 0.496 e. The topological polar surface area (TPSA) is 32.8 Å². The van der Waals surface area contributed by atoms with E-state index in [4.69, 9.17) is 27.9 Å². The smallest absolute Gasteiger partial charge is 0.161 e. The number of hydrogen-bond acceptors (Lipinski definition) is 4. The third kappa shape index (κ3) is 4.18. The molecule has 31 heavy (non-hydrogen) atoms. The van der Waals surface area contributed by atoms with Gasteiger partial charge >= 0.3 is 0 Å². The number of likely N-dealkylation sites (tertiary alicyclic amines) is 1. The van der Waals surface area contributed by atoms with Crippen molar-refractivity contribution in [3.05, 3.63) is 59.2 Å². The lowest BCUT2D eigenvalue weighted by atomic mass is 9.76. The monoisotopic (exact) mass is 460 g/mol. The lowest BCUT2D eigenvalue weighted by molar-refractivity contribution is -0.123. The Labute approximate surface area is 195 Å². The molecule has 0 N–H and O–H groups in total. The molecule has 6 heteroatoms. The average Bonchev–Trinajstić information content (AvgIpc) is 2.79. The molecule has 0 radical (unpaired) electrons. The number of hydrogen-bond donors (Lipinski definition) is 0. The van der Waals surface area contributed by atoms with Crippen LogP contribution in [0.1, 0.15) is 47.7 Å². The van der Waals surface area contributed by atoms with Gasteiger partial charge in [0.2, 0.25) is 0 Å². The van der Waals surface area contributed by atoms with E-state index in [1.807, 2.05) is 36.4 Å². The van der Waals surface area contributed by atoms with Crippen molar-refractivity contribution in [2.24, 2.45) is 0 Å². The zero-order valence-corrected chi connectivity index (χ0v) is 19.8. The minimum Gasteiger partial charge on any atom is -0.496 e. The quantitative estimate of drug-likeness (QED) is 0.532. The zero-order valence-electron chi connectivity index (χ0n) is 18.2. The zero-order chi connectivity index (χ0) is 22.0. The Balaban J connectivity index is 1.85. The summed E-state index contributed by atoms with van der Waals surface area (Å²) >= 11 is 12.1. The number of piperidine rings is 1. The molecule has 0 spiro atoms. The minimum absolute atomic E-state index is 0.156. The summed E-state index contributed by atoms with van der Waals surface area (Å²) in [6, 6.07) is 14.1. The molecule has 4 rings (SSSR count). The Hall–Kier alpha value is -1.75. The van der Waals surface area contributed by atoms with E-state index < -0.39 is 10.4 Å². The Morgan fingerprint density at radius 3 is 2.39 bits per heavy atom. The number of alkyl halides is 2. The van der Waals surface area contributed by atoms with Crippen molar-refractivity contribution >= 4 is 34.7 Å². The average molecular weight is 461 g/mol. The second-order valence-corrected chi connectivity index (χ2v) is 9.63. The molecule has 0 amide bonds. The van der Waals surface area contributed by atoms with Crippen LogP contribution >= 0.6 is 23.2 Å². The summed E-state index contributed by atoms with van der Waals surface area (Å²) in [6.07, 6.45) is 4.45. The number of methoxy groups -OCH3 is 1. The maximum Gasteiger partial charge on any atom is 0.161 e. The fraction of sp³-hybridized carbons (Fsp3) is 0.480. The van der Waals surface area contributed by atoms with Gasteiger partial charge in [-0.05, 0) is 68.6 Å². The van der Waals surface area contributed by atoms with Crippen molar-refractivity contribution in [2.75, 3.05) is 38.2 Å². The predicted octanol–water partition coefficient (Wildman–Crippen LogP) is 5.50. The van der Waals surface area contributed by atoms with E-state index in [0.29, 0.717) is 6.54 Å². The van der Waals surface area contributed by atoms with Crippen LogP contribution in [0.15, 0.2) is 42.5 Å². The summed E-state index contributed by atoms with van der Waals surface area (Å²) < 4.78 is 5.69. The molecule has 0 aliphatic carbocycles. The Morgan fingerprint density at radius 2 is 1.77 bits per heavy atom. The molecule has 0 aromatic heterocycles. The molecule has 166 valence electrons. The molecule has 2 aromatic rings. The van der Waals surface area contributed by atoms with Crippen LogP contribution in [0.25, 0.3) is 0 Å². The van der Waals surface area contributed by atoms with Crippen LogP contribution in [0.2, 0.25) is 0 Å². The molecule has 0 saturated carbocycles. The van der Waals surface area contributed by atoms with Crippen LogP contribution in [0.3, 0.4) is 0 Å². The summed E-state index contributed by atoms with van der Waals surface area (Å²) in [5, 5.41) is 0. The summed E-state index contributed by atoms with van der Waals surface area (Å²) in [4.78, 5) is 17.7. The number of fused-ring (bicyclic) bond motifs is 1. The van der Waals surface area contributed by atoms with Crippen LogP contribution in [0, 0.1) is 0 Å². The first-order valence-corrected chi connectivity index (χ1v) is 11.9. The number of ether oxygens (including phenoxy) is 1. The highest BCUT2D eigenvalue weighted by Crippen LogP contribution is 2.44. The summed E-state index contributed by atoms with van der Waals surface area (Å²) in [7, 11) is 1.70. The Kier molecular flexibility index (Phi) is 6.80. The Morgan fingerprint density at radius 1 is 1.06 bits per heavy atom. The van der Waals surface area contributed by atoms with Crippen LogP contribution < -0.4 is 9.64 Å². The molecule has 4 nitrogen and oxygen atoms in total. The van der Waals surface area contributed by atoms with Gasteiger partial charge in [-0.3, -0.25) is 4.79 Å². The van der Waals surface area contributed by atoms with Crippen molar-refractivity contribution in [1.29, 1.82) is 0 Å². The number of nitrogens with zero attached hydrogens (tertiary/aromatic N) is 2. The highest BCUT2D eigenvalue weighted by molar-refractivity contribution is 6.44. The van der Waals surface area contributed by atoms with Gasteiger partial charge in [0.15, 0.2) is 5.78 Å². The van der Waals surface area contributed by atoms with Gasteiger partial charge in [-0.2, -0.15) is 0 Å². The molecular weight excluding hydrogens is 431 g/mol. The van der Waals surface area contributed by atoms with Gasteiger partial charge in [-0.25, -0.2) is 0 Å². The van der Waals surface area contributed by atoms with E-state index in [-0.39, 0.29) is 5.78 Å². The second-order valence-electron chi connectivity index (χ2n) is 8.53. The van der Waals surface area contributed by atoms with Crippen molar-refractivity contribution < 1.29 is 9.53 Å². The number of ketones is 1. The van der Waals surface area contributed by atoms with Gasteiger partial charge in [-0.15, -0.1) is 23.2 Å². The van der Waals surface area contributed by atoms with E-state index in [1.54, 1.807) is 14.0 Å². The van der Waals surface area contributed by atoms with Gasteiger partial charge in [0.1, 0.15) is 16.1 Å². The van der Waals surface area contributed by atoms with Gasteiger partial charge < -0.3 is 14.5 Å². The minimum atomic E-state index is -0.762. The molecule has 1 unspecified atom stereocenters. The van der Waals surface area contributed by atoms with E-state index in [0.717, 1.165) is 54.2 Å². The van der Waals surface area contributed by atoms with Crippen LogP contribution in [-0.4, -0.2) is 44.0 Å². The molecule has 2 aromatic carbocycles. The molecular formula is C25H30Cl2N2O2. The summed E-state index contributed by atoms with van der Waals surface area (Å²) in [5.41, 5.74) is 3.32. The van der Waals surface area contributed by atoms with Gasteiger partial charge in [-0.1, -0.05) is 30.7 Å². The third-order valence-electron chi connectivity index (χ3n) is 6.78. The maximum atomic E-state index is 13.6. The van der Waals surface area contributed by atoms with Crippen molar-refractivity contribution in [1.82, 2.24) is 4.90 Å². The van der Waals surface area contributed by atoms with Crippen molar-refractivity contribution in [2.45, 2.75) is 43.0 Å². The van der Waals surface area contributed by atoms with Crippen LogP contribution in [-0.2, 0) is 16.8 Å². The molecule has 1 fully saturated rings. The number of halogens is 2. The number of rotatable bonds is 6. The predicted molar refractivity (Wildman–Crippen MR) is 128 cm³/mol. The normalized spacial score (nSPS) is 21.8. The number of Topliss-reactive ketones (excluding diaryl/α,β-unsaturated/α-hetero) is 1. The lowest BCUT2D eigenvalue weighted by Crippen LogP contribution is -2.61. The first-order valence-electron chi connectivity index (χ1n) is 11.0. The number of anilines is 1. The second kappa shape index (κ2) is 9.40. The SMILES string of the molecule is COc1cccc2c1CCN(c1ccc(C(Cl)Cl)cc1)C2(CN1CCCCC1)C(C)=O. The highest BCUT2D eigenvalue weighted by Gasteiger charge is 2.48. The summed E-state index contributed by atoms with van der Waals surface area (Å²) in [6.45, 7) is 5.21. The molecule has 2 aliphatic heterocycles. The molecule has 0 bridgehead atoms. The molecule has 1 atom stereocenters. The fourth-order valence-electron chi connectivity index (χ4n) is 5.21. The van der Waals surface area contributed by atoms with E-state index >= 15 is 0 Å². The Bertz CT molecular complexity index is 926. The van der Waals surface area contributed by atoms with Gasteiger partial charge in [0.25, 0.3) is 0 Å². The van der Waals surface area contributed by atoms with E-state index in [1.165, 1.54) is 19.3 Å². The number of carbonyl (C=O) groups is 1. The number of benzene rings is 2. The molecule has 2 heterocycles. The van der Waals surface area contributed by atoms with E-state index in [2.05, 4.69) is 15.9 Å². The third-order valence-corrected chi connectivity index (χ3v) is 7.29. The molecule has 2 aliphatic rings. The fourth-order valence-corrected chi connectivity index (χ4v) is 5.50. The maximum absolute atomic E-state index is 13.6. The van der Waals surface area contributed by atoms with Crippen LogP contribution in [0.5, 0.6) is 5.75 Å². The summed E-state index contributed by atoms with van der Waals surface area (Å²) in [5.74, 6) is 1.02. The van der Waals surface area contributed by atoms with E-state index in [9.17, 15) is 4.79 Å².